The molecule has 2 N–H and O–H groups in total. The van der Waals surface area contributed by atoms with Gasteiger partial charge in [0, 0.05) is 17.9 Å². The average Bonchev–Trinajstić information content (AvgIpc) is 2.74. The second-order valence-corrected chi connectivity index (χ2v) is 7.11. The fourth-order valence-corrected chi connectivity index (χ4v) is 3.15. The zero-order valence-electron chi connectivity index (χ0n) is 16.0. The molecule has 0 atom stereocenters. The van der Waals surface area contributed by atoms with E-state index >= 15 is 0 Å². The second kappa shape index (κ2) is 10.2. The summed E-state index contributed by atoms with van der Waals surface area (Å²) < 4.78 is 24.2. The van der Waals surface area contributed by atoms with Crippen molar-refractivity contribution in [1.29, 1.82) is 0 Å². The number of para-hydroxylation sites is 1. The van der Waals surface area contributed by atoms with Crippen molar-refractivity contribution in [2.75, 3.05) is 24.4 Å². The van der Waals surface area contributed by atoms with Gasteiger partial charge in [0.2, 0.25) is 0 Å². The van der Waals surface area contributed by atoms with Gasteiger partial charge in [0.15, 0.2) is 18.1 Å². The fraction of sp³-hybridized carbons (Fsp3) is 0.136. The van der Waals surface area contributed by atoms with Gasteiger partial charge in [0.1, 0.15) is 5.82 Å². The van der Waals surface area contributed by atoms with E-state index in [0.717, 1.165) is 5.56 Å². The van der Waals surface area contributed by atoms with Crippen LogP contribution in [-0.4, -0.2) is 19.6 Å². The summed E-state index contributed by atoms with van der Waals surface area (Å²) in [6.07, 6.45) is 0. The molecular weight excluding hydrogens is 430 g/mol. The fourth-order valence-electron chi connectivity index (χ4n) is 2.68. The van der Waals surface area contributed by atoms with Crippen molar-refractivity contribution in [3.63, 3.8) is 0 Å². The molecule has 0 heterocycles. The minimum atomic E-state index is -0.482. The van der Waals surface area contributed by atoms with Gasteiger partial charge in [-0.3, -0.25) is 4.79 Å². The van der Waals surface area contributed by atoms with E-state index < -0.39 is 5.82 Å². The van der Waals surface area contributed by atoms with E-state index in [9.17, 15) is 9.18 Å². The Hall–Kier alpha value is -2.96. The van der Waals surface area contributed by atoms with Gasteiger partial charge in [-0.2, -0.15) is 0 Å². The molecule has 8 heteroatoms. The molecule has 0 bridgehead atoms. The first-order valence-corrected chi connectivity index (χ1v) is 9.75. The van der Waals surface area contributed by atoms with Gasteiger partial charge in [-0.25, -0.2) is 4.39 Å². The van der Waals surface area contributed by atoms with E-state index in [1.165, 1.54) is 19.2 Å². The molecule has 0 unspecified atom stereocenters. The molecular formula is C22H19Cl2FN2O3. The van der Waals surface area contributed by atoms with Crippen LogP contribution in [0.1, 0.15) is 5.56 Å². The summed E-state index contributed by atoms with van der Waals surface area (Å²) in [5.41, 5.74) is 2.14. The number of hydrogen-bond donors (Lipinski definition) is 2. The number of amides is 1. The molecule has 156 valence electrons. The lowest BCUT2D eigenvalue weighted by atomic mass is 10.2. The highest BCUT2D eigenvalue weighted by molar-refractivity contribution is 6.32. The monoisotopic (exact) mass is 448 g/mol. The van der Waals surface area contributed by atoms with Crippen molar-refractivity contribution in [2.45, 2.75) is 6.54 Å². The molecule has 3 rings (SSSR count). The van der Waals surface area contributed by atoms with E-state index in [-0.39, 0.29) is 23.3 Å². The van der Waals surface area contributed by atoms with Gasteiger partial charge in [-0.1, -0.05) is 41.4 Å². The number of ether oxygens (including phenoxy) is 2. The molecule has 0 aliphatic rings. The minimum absolute atomic E-state index is 0.0353. The van der Waals surface area contributed by atoms with Crippen LogP contribution in [0.4, 0.5) is 15.8 Å². The van der Waals surface area contributed by atoms with Crippen LogP contribution in [0.5, 0.6) is 11.5 Å². The van der Waals surface area contributed by atoms with E-state index in [1.807, 2.05) is 18.2 Å². The smallest absolute Gasteiger partial charge is 0.262 e. The molecule has 0 saturated heterocycles. The number of anilines is 2. The summed E-state index contributed by atoms with van der Waals surface area (Å²) in [5.74, 6) is -0.136. The summed E-state index contributed by atoms with van der Waals surface area (Å²) >= 11 is 12.1. The topological polar surface area (TPSA) is 59.6 Å². The van der Waals surface area contributed by atoms with Crippen molar-refractivity contribution in [2.24, 2.45) is 0 Å². The number of rotatable bonds is 8. The third kappa shape index (κ3) is 5.78. The van der Waals surface area contributed by atoms with E-state index in [2.05, 4.69) is 10.6 Å². The molecule has 30 heavy (non-hydrogen) atoms. The number of nitrogens with one attached hydrogen (secondary N) is 2. The normalized spacial score (nSPS) is 10.4. The molecule has 0 aliphatic heterocycles. The number of methoxy groups -OCH3 is 1. The number of carbonyl (C=O) groups is 1. The van der Waals surface area contributed by atoms with E-state index in [4.69, 9.17) is 32.7 Å². The first kappa shape index (κ1) is 21.7. The van der Waals surface area contributed by atoms with Crippen molar-refractivity contribution < 1.29 is 18.7 Å². The van der Waals surface area contributed by atoms with Crippen molar-refractivity contribution >= 4 is 40.5 Å². The molecule has 3 aromatic rings. The van der Waals surface area contributed by atoms with Crippen molar-refractivity contribution in [3.05, 3.63) is 82.1 Å². The summed E-state index contributed by atoms with van der Waals surface area (Å²) in [6, 6.07) is 16.9. The Balaban J connectivity index is 1.64. The average molecular weight is 449 g/mol. The van der Waals surface area contributed by atoms with Gasteiger partial charge in [0.25, 0.3) is 5.91 Å². The Morgan fingerprint density at radius 3 is 2.47 bits per heavy atom. The van der Waals surface area contributed by atoms with Gasteiger partial charge >= 0.3 is 0 Å². The third-order valence-corrected chi connectivity index (χ3v) is 4.68. The van der Waals surface area contributed by atoms with Gasteiger partial charge < -0.3 is 20.1 Å². The standard InChI is InChI=1S/C22H19Cl2FN2O3/c1-29-20-10-14(12-26-16-7-8-19(25)17(23)11-16)9-18(24)22(20)30-13-21(28)27-15-5-3-2-4-6-15/h2-11,26H,12-13H2,1H3,(H,27,28). The largest absolute Gasteiger partial charge is 0.493 e. The quantitative estimate of drug-likeness (QED) is 0.459. The van der Waals surface area contributed by atoms with Crippen LogP contribution in [0.2, 0.25) is 10.0 Å². The minimum Gasteiger partial charge on any atom is -0.493 e. The van der Waals surface area contributed by atoms with Crippen LogP contribution in [0, 0.1) is 5.82 Å². The molecule has 3 aromatic carbocycles. The Kier molecular flexibility index (Phi) is 7.38. The van der Waals surface area contributed by atoms with Crippen molar-refractivity contribution in [1.82, 2.24) is 0 Å². The van der Waals surface area contributed by atoms with Crippen LogP contribution in [0.25, 0.3) is 0 Å². The first-order valence-electron chi connectivity index (χ1n) is 8.99. The lowest BCUT2D eigenvalue weighted by molar-refractivity contribution is -0.118. The SMILES string of the molecule is COc1cc(CNc2ccc(F)c(Cl)c2)cc(Cl)c1OCC(=O)Nc1ccccc1. The van der Waals surface area contributed by atoms with Crippen LogP contribution in [0.3, 0.4) is 0 Å². The maximum atomic E-state index is 13.3. The molecule has 0 saturated carbocycles. The number of hydrogen-bond acceptors (Lipinski definition) is 4. The lowest BCUT2D eigenvalue weighted by Crippen LogP contribution is -2.20. The van der Waals surface area contributed by atoms with Gasteiger partial charge in [-0.15, -0.1) is 0 Å². The number of halogens is 3. The predicted molar refractivity (Wildman–Crippen MR) is 117 cm³/mol. The predicted octanol–water partition coefficient (Wildman–Crippen LogP) is 5.77. The second-order valence-electron chi connectivity index (χ2n) is 6.29. The maximum absolute atomic E-state index is 13.3. The van der Waals surface area contributed by atoms with Gasteiger partial charge in [0.05, 0.1) is 17.2 Å². The van der Waals surface area contributed by atoms with Gasteiger partial charge in [-0.05, 0) is 48.0 Å². The zero-order chi connectivity index (χ0) is 21.5. The zero-order valence-corrected chi connectivity index (χ0v) is 17.6. The summed E-state index contributed by atoms with van der Waals surface area (Å²) in [6.45, 7) is 0.170. The highest BCUT2D eigenvalue weighted by Gasteiger charge is 2.14. The van der Waals surface area contributed by atoms with Crippen LogP contribution in [0.15, 0.2) is 60.7 Å². The summed E-state index contributed by atoms with van der Waals surface area (Å²) in [5, 5.41) is 6.20. The summed E-state index contributed by atoms with van der Waals surface area (Å²) in [4.78, 5) is 12.1. The Labute approximate surface area is 183 Å². The first-order chi connectivity index (χ1) is 14.5. The summed E-state index contributed by atoms with van der Waals surface area (Å²) in [7, 11) is 1.49. The third-order valence-electron chi connectivity index (χ3n) is 4.11. The molecule has 0 radical (unpaired) electrons. The Bertz CT molecular complexity index is 1030. The van der Waals surface area contributed by atoms with Crippen LogP contribution < -0.4 is 20.1 Å². The van der Waals surface area contributed by atoms with E-state index in [0.29, 0.717) is 28.7 Å². The molecule has 1 amide bonds. The highest BCUT2D eigenvalue weighted by atomic mass is 35.5. The molecule has 5 nitrogen and oxygen atoms in total. The molecule has 0 aliphatic carbocycles. The number of carbonyl (C=O) groups excluding carboxylic acids is 1. The molecule has 0 spiro atoms. The van der Waals surface area contributed by atoms with E-state index in [1.54, 1.807) is 30.3 Å². The molecule has 0 fully saturated rings. The van der Waals surface area contributed by atoms with Crippen molar-refractivity contribution in [3.8, 4) is 11.5 Å². The Morgan fingerprint density at radius 1 is 1.00 bits per heavy atom. The molecule has 0 aromatic heterocycles. The maximum Gasteiger partial charge on any atom is 0.262 e. The number of benzene rings is 3. The Morgan fingerprint density at radius 2 is 1.77 bits per heavy atom. The lowest BCUT2D eigenvalue weighted by Gasteiger charge is -2.15. The van der Waals surface area contributed by atoms with Crippen LogP contribution in [-0.2, 0) is 11.3 Å². The highest BCUT2D eigenvalue weighted by Crippen LogP contribution is 2.36. The van der Waals surface area contributed by atoms with Crippen LogP contribution >= 0.6 is 23.2 Å².